The zero-order valence-electron chi connectivity index (χ0n) is 13.7. The van der Waals surface area contributed by atoms with Gasteiger partial charge in [0, 0.05) is 5.75 Å². The van der Waals surface area contributed by atoms with Gasteiger partial charge in [0.1, 0.15) is 5.76 Å². The van der Waals surface area contributed by atoms with Crippen LogP contribution in [0.2, 0.25) is 0 Å². The number of benzene rings is 1. The van der Waals surface area contributed by atoms with Crippen molar-refractivity contribution >= 4 is 17.7 Å². The van der Waals surface area contributed by atoms with Gasteiger partial charge in [-0.1, -0.05) is 23.9 Å². The maximum absolute atomic E-state index is 11.5. The van der Waals surface area contributed by atoms with Gasteiger partial charge in [0.25, 0.3) is 0 Å². The summed E-state index contributed by atoms with van der Waals surface area (Å²) in [7, 11) is 1.36. The second kappa shape index (κ2) is 8.04. The lowest BCUT2D eigenvalue weighted by Crippen LogP contribution is -2.05. The number of hydrogen-bond donors (Lipinski definition) is 1. The van der Waals surface area contributed by atoms with E-state index >= 15 is 0 Å². The number of furan rings is 1. The highest BCUT2D eigenvalue weighted by Gasteiger charge is 2.12. The Kier molecular flexibility index (Phi) is 5.57. The van der Waals surface area contributed by atoms with Crippen LogP contribution in [0.1, 0.15) is 27.4 Å². The van der Waals surface area contributed by atoms with Crippen molar-refractivity contribution in [2.45, 2.75) is 24.1 Å². The molecule has 0 aliphatic carbocycles. The number of nitrogens with zero attached hydrogens (tertiary/aromatic N) is 2. The zero-order valence-corrected chi connectivity index (χ0v) is 14.5. The van der Waals surface area contributed by atoms with Crippen LogP contribution in [0.15, 0.2) is 58.4 Å². The predicted octanol–water partition coefficient (Wildman–Crippen LogP) is 3.10. The smallest absolute Gasteiger partial charge is 0.337 e. The average Bonchev–Trinajstić information content (AvgIpc) is 3.30. The molecule has 0 aliphatic rings. The molecule has 0 saturated carbocycles. The summed E-state index contributed by atoms with van der Waals surface area (Å²) >= 11 is 1.56. The summed E-state index contributed by atoms with van der Waals surface area (Å²) < 4.78 is 12.0. The molecule has 2 aromatic heterocycles. The molecular formula is C18H18N2O4S. The number of methoxy groups -OCH3 is 1. The molecule has 25 heavy (non-hydrogen) atoms. The summed E-state index contributed by atoms with van der Waals surface area (Å²) in [5.41, 5.74) is 2.33. The Morgan fingerprint density at radius 1 is 1.32 bits per heavy atom. The first kappa shape index (κ1) is 17.3. The molecule has 0 radical (unpaired) electrons. The van der Waals surface area contributed by atoms with Gasteiger partial charge in [-0.2, -0.15) is 0 Å². The second-order valence-electron chi connectivity index (χ2n) is 5.33. The fourth-order valence-electron chi connectivity index (χ4n) is 2.36. The molecule has 0 unspecified atom stereocenters. The SMILES string of the molecule is COC(=O)c1ccc(CSc2ncc(CO)n2Cc2ccco2)cc1. The molecule has 0 bridgehead atoms. The highest BCUT2D eigenvalue weighted by molar-refractivity contribution is 7.98. The number of aliphatic hydroxyl groups excluding tert-OH is 1. The number of rotatable bonds is 7. The molecule has 3 rings (SSSR count). The van der Waals surface area contributed by atoms with Gasteiger partial charge in [0.15, 0.2) is 5.16 Å². The first-order valence-corrected chi connectivity index (χ1v) is 8.67. The zero-order chi connectivity index (χ0) is 17.6. The van der Waals surface area contributed by atoms with Crippen molar-refractivity contribution in [2.75, 3.05) is 7.11 Å². The fraction of sp³-hybridized carbons (Fsp3) is 0.222. The molecule has 0 aliphatic heterocycles. The number of carbonyl (C=O) groups excluding carboxylic acids is 1. The van der Waals surface area contributed by atoms with Crippen molar-refractivity contribution in [1.29, 1.82) is 0 Å². The number of carbonyl (C=O) groups is 1. The van der Waals surface area contributed by atoms with Crippen LogP contribution in [0.5, 0.6) is 0 Å². The van der Waals surface area contributed by atoms with Crippen LogP contribution in [0.25, 0.3) is 0 Å². The third-order valence-corrected chi connectivity index (χ3v) is 4.76. The Hall–Kier alpha value is -2.51. The number of ether oxygens (including phenoxy) is 1. The summed E-state index contributed by atoms with van der Waals surface area (Å²) in [4.78, 5) is 15.9. The van der Waals surface area contributed by atoms with E-state index in [0.29, 0.717) is 17.9 Å². The van der Waals surface area contributed by atoms with Crippen molar-refractivity contribution in [2.24, 2.45) is 0 Å². The summed E-state index contributed by atoms with van der Waals surface area (Å²) in [6.45, 7) is 0.439. The normalized spacial score (nSPS) is 10.8. The summed E-state index contributed by atoms with van der Waals surface area (Å²) in [6, 6.07) is 11.0. The quantitative estimate of drug-likeness (QED) is 0.517. The highest BCUT2D eigenvalue weighted by Crippen LogP contribution is 2.24. The van der Waals surface area contributed by atoms with Crippen molar-refractivity contribution in [3.63, 3.8) is 0 Å². The largest absolute Gasteiger partial charge is 0.467 e. The minimum Gasteiger partial charge on any atom is -0.467 e. The van der Waals surface area contributed by atoms with E-state index in [4.69, 9.17) is 9.15 Å². The molecular weight excluding hydrogens is 340 g/mol. The van der Waals surface area contributed by atoms with Crippen LogP contribution < -0.4 is 0 Å². The lowest BCUT2D eigenvalue weighted by Gasteiger charge is -2.09. The van der Waals surface area contributed by atoms with Gasteiger partial charge in [-0.25, -0.2) is 9.78 Å². The number of aromatic nitrogens is 2. The van der Waals surface area contributed by atoms with E-state index in [2.05, 4.69) is 4.98 Å². The minimum atomic E-state index is -0.346. The van der Waals surface area contributed by atoms with Crippen LogP contribution >= 0.6 is 11.8 Å². The van der Waals surface area contributed by atoms with Crippen molar-refractivity contribution < 1.29 is 19.1 Å². The Morgan fingerprint density at radius 2 is 2.12 bits per heavy atom. The van der Waals surface area contributed by atoms with Gasteiger partial charge in [0.05, 0.1) is 44.0 Å². The number of thioether (sulfide) groups is 1. The van der Waals surface area contributed by atoms with Gasteiger partial charge in [0.2, 0.25) is 0 Å². The number of imidazole rings is 1. The fourth-order valence-corrected chi connectivity index (χ4v) is 3.32. The second-order valence-corrected chi connectivity index (χ2v) is 6.28. The van der Waals surface area contributed by atoms with E-state index in [0.717, 1.165) is 22.2 Å². The van der Waals surface area contributed by atoms with Crippen molar-refractivity contribution in [1.82, 2.24) is 9.55 Å². The average molecular weight is 358 g/mol. The Bertz CT molecular complexity index is 825. The molecule has 1 aromatic carbocycles. The van der Waals surface area contributed by atoms with Crippen LogP contribution in [0, 0.1) is 0 Å². The first-order valence-electron chi connectivity index (χ1n) is 7.69. The van der Waals surface area contributed by atoms with Crippen molar-refractivity contribution in [3.05, 3.63) is 71.4 Å². The Balaban J connectivity index is 1.70. The van der Waals surface area contributed by atoms with Crippen molar-refractivity contribution in [3.8, 4) is 0 Å². The molecule has 0 saturated heterocycles. The van der Waals surface area contributed by atoms with E-state index in [-0.39, 0.29) is 12.6 Å². The molecule has 7 heteroatoms. The molecule has 130 valence electrons. The molecule has 2 heterocycles. The molecule has 0 atom stereocenters. The molecule has 0 spiro atoms. The van der Waals surface area contributed by atoms with Gasteiger partial charge in [-0.15, -0.1) is 0 Å². The van der Waals surface area contributed by atoms with Crippen LogP contribution in [-0.4, -0.2) is 27.7 Å². The number of esters is 1. The van der Waals surface area contributed by atoms with E-state index < -0.39 is 0 Å². The standard InChI is InChI=1S/C18H18N2O4S/c1-23-17(22)14-6-4-13(5-7-14)12-25-18-19-9-15(11-21)20(18)10-16-3-2-8-24-16/h2-9,21H,10-12H2,1H3. The number of hydrogen-bond acceptors (Lipinski definition) is 6. The first-order chi connectivity index (χ1) is 12.2. The molecule has 6 nitrogen and oxygen atoms in total. The Labute approximate surface area is 149 Å². The minimum absolute atomic E-state index is 0.0813. The molecule has 3 aromatic rings. The summed E-state index contributed by atoms with van der Waals surface area (Å²) in [5.74, 6) is 1.15. The van der Waals surface area contributed by atoms with E-state index in [1.165, 1.54) is 7.11 Å². The van der Waals surface area contributed by atoms with E-state index in [1.54, 1.807) is 36.4 Å². The third kappa shape index (κ3) is 4.12. The summed E-state index contributed by atoms with van der Waals surface area (Å²) in [5, 5.41) is 10.3. The van der Waals surface area contributed by atoms with Crippen LogP contribution in [0.4, 0.5) is 0 Å². The lowest BCUT2D eigenvalue weighted by atomic mass is 10.1. The van der Waals surface area contributed by atoms with Gasteiger partial charge in [-0.3, -0.25) is 0 Å². The maximum atomic E-state index is 11.5. The molecule has 1 N–H and O–H groups in total. The number of aliphatic hydroxyl groups is 1. The van der Waals surface area contributed by atoms with E-state index in [9.17, 15) is 9.90 Å². The predicted molar refractivity (Wildman–Crippen MR) is 93.3 cm³/mol. The molecule has 0 amide bonds. The Morgan fingerprint density at radius 3 is 2.76 bits per heavy atom. The lowest BCUT2D eigenvalue weighted by molar-refractivity contribution is 0.0600. The maximum Gasteiger partial charge on any atom is 0.337 e. The van der Waals surface area contributed by atoms with Crippen LogP contribution in [0.3, 0.4) is 0 Å². The topological polar surface area (TPSA) is 77.5 Å². The summed E-state index contributed by atoms with van der Waals surface area (Å²) in [6.07, 6.45) is 3.30. The van der Waals surface area contributed by atoms with Crippen LogP contribution in [-0.2, 0) is 23.6 Å². The highest BCUT2D eigenvalue weighted by atomic mass is 32.2. The van der Waals surface area contributed by atoms with Gasteiger partial charge < -0.3 is 18.8 Å². The molecule has 0 fully saturated rings. The monoisotopic (exact) mass is 358 g/mol. The third-order valence-electron chi connectivity index (χ3n) is 3.70. The van der Waals surface area contributed by atoms with E-state index in [1.807, 2.05) is 28.8 Å². The van der Waals surface area contributed by atoms with Gasteiger partial charge in [-0.05, 0) is 29.8 Å². The van der Waals surface area contributed by atoms with Gasteiger partial charge >= 0.3 is 5.97 Å².